The molecule has 0 aliphatic heterocycles. The minimum Gasteiger partial charge on any atom is -0.472 e. The molecule has 5 nitrogen and oxygen atoms in total. The van der Waals surface area contributed by atoms with Crippen LogP contribution in [-0.2, 0) is 0 Å². The third kappa shape index (κ3) is 1.92. The minimum atomic E-state index is 0.109. The lowest BCUT2D eigenvalue weighted by molar-refractivity contribution is 0.334. The van der Waals surface area contributed by atoms with E-state index in [0.29, 0.717) is 11.7 Å². The predicted molar refractivity (Wildman–Crippen MR) is 54.1 cm³/mol. The van der Waals surface area contributed by atoms with Crippen molar-refractivity contribution in [3.05, 3.63) is 24.5 Å². The second kappa shape index (κ2) is 4.27. The first-order chi connectivity index (χ1) is 7.35. The van der Waals surface area contributed by atoms with Crippen LogP contribution in [0.5, 0.6) is 0 Å². The zero-order chi connectivity index (χ0) is 10.7. The highest BCUT2D eigenvalue weighted by atomic mass is 16.5. The van der Waals surface area contributed by atoms with E-state index in [-0.39, 0.29) is 6.04 Å². The highest BCUT2D eigenvalue weighted by molar-refractivity contribution is 5.51. The van der Waals surface area contributed by atoms with Gasteiger partial charge in [-0.1, -0.05) is 12.1 Å². The second-order valence-corrected chi connectivity index (χ2v) is 3.22. The van der Waals surface area contributed by atoms with Gasteiger partial charge in [0.15, 0.2) is 0 Å². The Bertz CT molecular complexity index is 404. The van der Waals surface area contributed by atoms with Crippen molar-refractivity contribution in [2.24, 2.45) is 0 Å². The molecule has 0 fully saturated rings. The summed E-state index contributed by atoms with van der Waals surface area (Å²) in [5.74, 6) is 1.17. The Hall–Kier alpha value is -1.62. The summed E-state index contributed by atoms with van der Waals surface area (Å²) in [6.07, 6.45) is 4.08. The molecule has 80 valence electrons. The summed E-state index contributed by atoms with van der Waals surface area (Å²) < 4.78 is 10.1. The smallest absolute Gasteiger partial charge is 0.244 e. The Balaban J connectivity index is 2.24. The van der Waals surface area contributed by atoms with Crippen LogP contribution in [0.15, 0.2) is 27.5 Å². The first kappa shape index (κ1) is 9.92. The summed E-state index contributed by atoms with van der Waals surface area (Å²) in [6, 6.07) is 1.91. The van der Waals surface area contributed by atoms with Crippen LogP contribution >= 0.6 is 0 Å². The molecule has 0 radical (unpaired) electrons. The summed E-state index contributed by atoms with van der Waals surface area (Å²) in [6.45, 7) is 2.06. The molecule has 2 heterocycles. The average Bonchev–Trinajstić information content (AvgIpc) is 2.89. The number of hydrogen-bond donors (Lipinski definition) is 1. The maximum Gasteiger partial charge on any atom is 0.244 e. The van der Waals surface area contributed by atoms with Gasteiger partial charge in [0.05, 0.1) is 17.9 Å². The molecule has 2 aromatic rings. The van der Waals surface area contributed by atoms with E-state index in [1.165, 1.54) is 0 Å². The Labute approximate surface area is 87.5 Å². The molecule has 1 atom stereocenters. The molecule has 0 aromatic carbocycles. The van der Waals surface area contributed by atoms with Gasteiger partial charge in [0, 0.05) is 0 Å². The third-order valence-corrected chi connectivity index (χ3v) is 2.28. The quantitative estimate of drug-likeness (QED) is 0.830. The lowest BCUT2D eigenvalue weighted by Crippen LogP contribution is -2.15. The van der Waals surface area contributed by atoms with Crippen LogP contribution in [0.3, 0.4) is 0 Å². The van der Waals surface area contributed by atoms with Crippen molar-refractivity contribution in [2.75, 3.05) is 7.05 Å². The molecule has 5 heteroatoms. The largest absolute Gasteiger partial charge is 0.472 e. The van der Waals surface area contributed by atoms with Crippen LogP contribution in [0, 0.1) is 0 Å². The van der Waals surface area contributed by atoms with Gasteiger partial charge >= 0.3 is 0 Å². The summed E-state index contributed by atoms with van der Waals surface area (Å²) in [4.78, 5) is 4.29. The van der Waals surface area contributed by atoms with Crippen molar-refractivity contribution in [3.8, 4) is 11.4 Å². The molecule has 0 aliphatic carbocycles. The van der Waals surface area contributed by atoms with Crippen LogP contribution in [0.1, 0.15) is 25.3 Å². The van der Waals surface area contributed by atoms with Crippen LogP contribution in [0.2, 0.25) is 0 Å². The minimum absolute atomic E-state index is 0.109. The van der Waals surface area contributed by atoms with Crippen molar-refractivity contribution in [2.45, 2.75) is 19.4 Å². The van der Waals surface area contributed by atoms with Crippen molar-refractivity contribution in [3.63, 3.8) is 0 Å². The van der Waals surface area contributed by atoms with E-state index in [1.54, 1.807) is 18.6 Å². The normalized spacial score (nSPS) is 12.9. The number of nitrogens with one attached hydrogen (secondary N) is 1. The van der Waals surface area contributed by atoms with Gasteiger partial charge in [0.2, 0.25) is 11.7 Å². The molecule has 1 N–H and O–H groups in total. The zero-order valence-electron chi connectivity index (χ0n) is 8.73. The number of nitrogens with zero attached hydrogens (tertiary/aromatic N) is 2. The lowest BCUT2D eigenvalue weighted by atomic mass is 10.2. The Morgan fingerprint density at radius 2 is 2.40 bits per heavy atom. The van der Waals surface area contributed by atoms with Crippen molar-refractivity contribution in [1.82, 2.24) is 15.5 Å². The van der Waals surface area contributed by atoms with Gasteiger partial charge in [-0.25, -0.2) is 0 Å². The molecule has 15 heavy (non-hydrogen) atoms. The molecule has 0 bridgehead atoms. The Morgan fingerprint density at radius 1 is 1.53 bits per heavy atom. The van der Waals surface area contributed by atoms with E-state index in [0.717, 1.165) is 12.0 Å². The first-order valence-electron chi connectivity index (χ1n) is 4.88. The van der Waals surface area contributed by atoms with Crippen molar-refractivity contribution in [1.29, 1.82) is 0 Å². The standard InChI is InChI=1S/C10H13N3O2/c1-3-8(11-2)10-12-9(13-15-10)7-4-5-14-6-7/h4-6,8,11H,3H2,1-2H3. The molecular weight excluding hydrogens is 194 g/mol. The first-order valence-corrected chi connectivity index (χ1v) is 4.88. The van der Waals surface area contributed by atoms with Gasteiger partial charge in [0.1, 0.15) is 6.26 Å². The second-order valence-electron chi connectivity index (χ2n) is 3.22. The van der Waals surface area contributed by atoms with E-state index in [4.69, 9.17) is 8.94 Å². The van der Waals surface area contributed by atoms with Crippen LogP contribution in [-0.4, -0.2) is 17.2 Å². The van der Waals surface area contributed by atoms with E-state index >= 15 is 0 Å². The summed E-state index contributed by atoms with van der Waals surface area (Å²) in [7, 11) is 1.87. The SMILES string of the molecule is CCC(NC)c1nc(-c2ccoc2)no1. The maximum atomic E-state index is 5.17. The van der Waals surface area contributed by atoms with E-state index in [9.17, 15) is 0 Å². The van der Waals surface area contributed by atoms with Crippen molar-refractivity contribution < 1.29 is 8.94 Å². The average molecular weight is 207 g/mol. The van der Waals surface area contributed by atoms with Gasteiger partial charge in [-0.15, -0.1) is 0 Å². The predicted octanol–water partition coefficient (Wildman–Crippen LogP) is 2.00. The van der Waals surface area contributed by atoms with Gasteiger partial charge in [-0.2, -0.15) is 4.98 Å². The van der Waals surface area contributed by atoms with Gasteiger partial charge < -0.3 is 14.3 Å². The molecule has 0 spiro atoms. The molecule has 0 saturated carbocycles. The molecule has 0 aliphatic rings. The number of rotatable bonds is 4. The highest BCUT2D eigenvalue weighted by Crippen LogP contribution is 2.20. The fraction of sp³-hybridized carbons (Fsp3) is 0.400. The zero-order valence-corrected chi connectivity index (χ0v) is 8.73. The third-order valence-electron chi connectivity index (χ3n) is 2.28. The highest BCUT2D eigenvalue weighted by Gasteiger charge is 2.16. The van der Waals surface area contributed by atoms with E-state index in [1.807, 2.05) is 7.05 Å². The monoisotopic (exact) mass is 207 g/mol. The van der Waals surface area contributed by atoms with E-state index < -0.39 is 0 Å². The maximum absolute atomic E-state index is 5.17. The number of furan rings is 1. The number of aromatic nitrogens is 2. The molecule has 1 unspecified atom stereocenters. The van der Waals surface area contributed by atoms with Crippen LogP contribution in [0.25, 0.3) is 11.4 Å². The number of hydrogen-bond acceptors (Lipinski definition) is 5. The van der Waals surface area contributed by atoms with Crippen molar-refractivity contribution >= 4 is 0 Å². The molecular formula is C10H13N3O2. The molecule has 2 aromatic heterocycles. The van der Waals surface area contributed by atoms with E-state index in [2.05, 4.69) is 22.4 Å². The molecule has 2 rings (SSSR count). The van der Waals surface area contributed by atoms with Gasteiger partial charge in [-0.3, -0.25) is 0 Å². The fourth-order valence-electron chi connectivity index (χ4n) is 1.39. The molecule has 0 saturated heterocycles. The lowest BCUT2D eigenvalue weighted by Gasteiger charge is -2.06. The van der Waals surface area contributed by atoms with Crippen LogP contribution < -0.4 is 5.32 Å². The molecule has 0 amide bonds. The topological polar surface area (TPSA) is 64.1 Å². The fourth-order valence-corrected chi connectivity index (χ4v) is 1.39. The summed E-state index contributed by atoms with van der Waals surface area (Å²) in [5.41, 5.74) is 0.830. The summed E-state index contributed by atoms with van der Waals surface area (Å²) >= 11 is 0. The Kier molecular flexibility index (Phi) is 2.82. The summed E-state index contributed by atoms with van der Waals surface area (Å²) in [5, 5.41) is 7.00. The van der Waals surface area contributed by atoms with Gasteiger partial charge in [0.25, 0.3) is 0 Å². The van der Waals surface area contributed by atoms with Gasteiger partial charge in [-0.05, 0) is 19.5 Å². The van der Waals surface area contributed by atoms with Crippen LogP contribution in [0.4, 0.5) is 0 Å². The Morgan fingerprint density at radius 3 is 3.00 bits per heavy atom.